The lowest BCUT2D eigenvalue weighted by Gasteiger charge is -2.26. The summed E-state index contributed by atoms with van der Waals surface area (Å²) >= 11 is 0. The van der Waals surface area contributed by atoms with Crippen LogP contribution in [0.2, 0.25) is 0 Å². The van der Waals surface area contributed by atoms with E-state index in [1.807, 2.05) is 49.4 Å². The normalized spacial score (nSPS) is 25.7. The van der Waals surface area contributed by atoms with Crippen molar-refractivity contribution < 1.29 is 28.6 Å². The van der Waals surface area contributed by atoms with E-state index < -0.39 is 29.4 Å². The number of pyridine rings is 2. The quantitative estimate of drug-likeness (QED) is 0.235. The summed E-state index contributed by atoms with van der Waals surface area (Å²) in [6.45, 7) is 8.78. The molecule has 1 aromatic carbocycles. The van der Waals surface area contributed by atoms with Crippen LogP contribution in [0, 0.1) is 24.7 Å². The molecule has 0 radical (unpaired) electrons. The molecule has 2 aliphatic carbocycles. The number of hydrogen-bond acceptors (Lipinski definition) is 8. The number of allylic oxidation sites excluding steroid dienone is 1. The van der Waals surface area contributed by atoms with Crippen LogP contribution in [0.4, 0.5) is 0 Å². The van der Waals surface area contributed by atoms with Crippen LogP contribution in [0.15, 0.2) is 48.6 Å². The largest absolute Gasteiger partial charge is 0.496 e. The van der Waals surface area contributed by atoms with Gasteiger partial charge in [-0.15, -0.1) is 0 Å². The summed E-state index contributed by atoms with van der Waals surface area (Å²) in [6, 6.07) is 11.7. The number of nitrogens with one attached hydrogen (secondary N) is 1. The Morgan fingerprint density at radius 2 is 1.86 bits per heavy atom. The van der Waals surface area contributed by atoms with Crippen molar-refractivity contribution in [2.24, 2.45) is 17.8 Å². The number of esters is 1. The van der Waals surface area contributed by atoms with Crippen molar-refractivity contribution >= 4 is 28.7 Å². The number of aromatic nitrogens is 2. The molecule has 2 amide bonds. The third-order valence-corrected chi connectivity index (χ3v) is 10.3. The smallest absolute Gasteiger partial charge is 0.332 e. The van der Waals surface area contributed by atoms with Crippen molar-refractivity contribution in [3.05, 3.63) is 59.8 Å². The first-order valence-electron chi connectivity index (χ1n) is 17.6. The Balaban J connectivity index is 1.36. The summed E-state index contributed by atoms with van der Waals surface area (Å²) in [5.41, 5.74) is 2.86. The zero-order chi connectivity index (χ0) is 34.9. The molecule has 0 saturated heterocycles. The van der Waals surface area contributed by atoms with E-state index in [1.54, 1.807) is 26.0 Å². The summed E-state index contributed by atoms with van der Waals surface area (Å²) in [5, 5.41) is 3.88. The van der Waals surface area contributed by atoms with E-state index in [-0.39, 0.29) is 30.3 Å². The average molecular weight is 669 g/mol. The fourth-order valence-corrected chi connectivity index (χ4v) is 7.36. The van der Waals surface area contributed by atoms with Crippen LogP contribution in [-0.2, 0) is 19.1 Å². The van der Waals surface area contributed by atoms with Gasteiger partial charge in [-0.05, 0) is 82.6 Å². The molecule has 3 heterocycles. The van der Waals surface area contributed by atoms with Crippen LogP contribution < -0.4 is 14.8 Å². The summed E-state index contributed by atoms with van der Waals surface area (Å²) in [4.78, 5) is 52.9. The fraction of sp³-hybridized carbons (Fsp3) is 0.513. The second kappa shape index (κ2) is 14.2. The molecule has 2 fully saturated rings. The third kappa shape index (κ3) is 6.87. The van der Waals surface area contributed by atoms with Gasteiger partial charge in [0.15, 0.2) is 0 Å². The second-order valence-corrected chi connectivity index (χ2v) is 14.0. The number of methoxy groups -OCH3 is 1. The monoisotopic (exact) mass is 668 g/mol. The highest BCUT2D eigenvalue weighted by atomic mass is 16.5. The minimum Gasteiger partial charge on any atom is -0.496 e. The van der Waals surface area contributed by atoms with Crippen LogP contribution in [0.25, 0.3) is 22.3 Å². The lowest BCUT2D eigenvalue weighted by atomic mass is 9.93. The Hall–Kier alpha value is -4.47. The van der Waals surface area contributed by atoms with E-state index in [0.29, 0.717) is 43.0 Å². The van der Waals surface area contributed by atoms with Gasteiger partial charge in [-0.1, -0.05) is 32.1 Å². The van der Waals surface area contributed by atoms with Gasteiger partial charge < -0.3 is 24.4 Å². The van der Waals surface area contributed by atoms with Gasteiger partial charge >= 0.3 is 5.97 Å². The Kier molecular flexibility index (Phi) is 9.95. The zero-order valence-electron chi connectivity index (χ0n) is 29.5. The van der Waals surface area contributed by atoms with E-state index in [0.717, 1.165) is 47.1 Å². The SMILES string of the molecule is CCOC(=O)C12C[C@H]1C=CCCCCN(C)C(=O)[C@@H]1C[C@H](Oc3cc(-c4cccc(C(C)C)n4)nc4c(C)c(OC)ccc34)C[C@H]1C(=O)N2. The highest BCUT2D eigenvalue weighted by Crippen LogP contribution is 2.47. The van der Waals surface area contributed by atoms with Gasteiger partial charge in [0.1, 0.15) is 23.1 Å². The van der Waals surface area contributed by atoms with Gasteiger partial charge in [0, 0.05) is 42.2 Å². The van der Waals surface area contributed by atoms with E-state index in [2.05, 4.69) is 25.2 Å². The van der Waals surface area contributed by atoms with Gasteiger partial charge in [0.05, 0.1) is 42.5 Å². The lowest BCUT2D eigenvalue weighted by Crippen LogP contribution is -2.50. The summed E-state index contributed by atoms with van der Waals surface area (Å²) in [5.74, 6) is -0.639. The maximum atomic E-state index is 14.1. The minimum atomic E-state index is -1.10. The number of hydrogen-bond donors (Lipinski definition) is 1. The Bertz CT molecular complexity index is 1770. The van der Waals surface area contributed by atoms with Crippen molar-refractivity contribution in [2.75, 3.05) is 27.3 Å². The van der Waals surface area contributed by atoms with Crippen LogP contribution >= 0.6 is 0 Å². The van der Waals surface area contributed by atoms with E-state index in [1.165, 1.54) is 0 Å². The summed E-state index contributed by atoms with van der Waals surface area (Å²) in [7, 11) is 3.44. The molecule has 6 rings (SSSR count). The number of carbonyl (C=O) groups is 3. The molecule has 49 heavy (non-hydrogen) atoms. The van der Waals surface area contributed by atoms with E-state index >= 15 is 0 Å². The number of amides is 2. The first-order chi connectivity index (χ1) is 23.6. The first kappa shape index (κ1) is 34.4. The number of benzene rings is 1. The number of fused-ring (bicyclic) bond motifs is 3. The van der Waals surface area contributed by atoms with Crippen LogP contribution in [0.5, 0.6) is 11.5 Å². The molecular formula is C39H48N4O6. The molecule has 2 aromatic heterocycles. The number of carbonyl (C=O) groups excluding carboxylic acids is 3. The molecule has 1 N–H and O–H groups in total. The highest BCUT2D eigenvalue weighted by molar-refractivity contribution is 5.95. The van der Waals surface area contributed by atoms with Crippen molar-refractivity contribution in [1.82, 2.24) is 20.2 Å². The molecule has 3 aromatic rings. The predicted octanol–water partition coefficient (Wildman–Crippen LogP) is 6.15. The van der Waals surface area contributed by atoms with Crippen LogP contribution in [0.1, 0.15) is 76.5 Å². The number of rotatable bonds is 7. The molecule has 0 spiro atoms. The molecule has 1 unspecified atom stereocenters. The second-order valence-electron chi connectivity index (χ2n) is 14.0. The maximum absolute atomic E-state index is 14.1. The predicted molar refractivity (Wildman–Crippen MR) is 187 cm³/mol. The summed E-state index contributed by atoms with van der Waals surface area (Å²) < 4.78 is 17.9. The molecule has 5 atom stereocenters. The molecule has 260 valence electrons. The van der Waals surface area contributed by atoms with E-state index in [9.17, 15) is 14.4 Å². The molecule has 1 aliphatic heterocycles. The maximum Gasteiger partial charge on any atom is 0.332 e. The topological polar surface area (TPSA) is 120 Å². The van der Waals surface area contributed by atoms with Crippen molar-refractivity contribution in [3.63, 3.8) is 0 Å². The zero-order valence-corrected chi connectivity index (χ0v) is 29.5. The number of ether oxygens (including phenoxy) is 3. The van der Waals surface area contributed by atoms with Crippen LogP contribution in [-0.4, -0.2) is 71.6 Å². The fourth-order valence-electron chi connectivity index (χ4n) is 7.36. The molecule has 3 aliphatic rings. The number of nitrogens with zero attached hydrogens (tertiary/aromatic N) is 3. The van der Waals surface area contributed by atoms with Crippen LogP contribution in [0.3, 0.4) is 0 Å². The lowest BCUT2D eigenvalue weighted by molar-refractivity contribution is -0.150. The number of aryl methyl sites for hydroxylation is 1. The summed E-state index contributed by atoms with van der Waals surface area (Å²) in [6.07, 6.45) is 7.48. The minimum absolute atomic E-state index is 0.0769. The van der Waals surface area contributed by atoms with Gasteiger partial charge in [0.25, 0.3) is 0 Å². The van der Waals surface area contributed by atoms with Gasteiger partial charge in [-0.2, -0.15) is 0 Å². The van der Waals surface area contributed by atoms with Crippen molar-refractivity contribution in [2.45, 2.75) is 83.8 Å². The van der Waals surface area contributed by atoms with Crippen molar-refractivity contribution in [3.8, 4) is 22.9 Å². The van der Waals surface area contributed by atoms with E-state index in [4.69, 9.17) is 24.2 Å². The first-order valence-corrected chi connectivity index (χ1v) is 17.6. The Morgan fingerprint density at radius 3 is 2.61 bits per heavy atom. The van der Waals surface area contributed by atoms with Gasteiger partial charge in [0.2, 0.25) is 11.8 Å². The van der Waals surface area contributed by atoms with Crippen molar-refractivity contribution in [1.29, 1.82) is 0 Å². The molecular weight excluding hydrogens is 620 g/mol. The average Bonchev–Trinajstić information content (AvgIpc) is 3.62. The Morgan fingerprint density at radius 1 is 1.06 bits per heavy atom. The molecule has 10 heteroatoms. The molecule has 0 bridgehead atoms. The van der Waals surface area contributed by atoms with Gasteiger partial charge in [-0.3, -0.25) is 14.6 Å². The standard InChI is InChI=1S/C39H48N4O6/c1-7-48-38(46)39-22-25(39)13-10-8-9-11-18-43(5)37(45)29-20-26(19-28(29)36(44)42-39)49-34-21-32(31-15-12-14-30(40-31)23(2)3)41-35-24(4)33(47-6)17-16-27(34)35/h10,12-17,21,23,25-26,28-29H,7-9,11,18-20,22H2,1-6H3,(H,42,44)/t25-,26-,28-,29-,39?/m1/s1. The Labute approximate surface area is 288 Å². The molecule has 2 saturated carbocycles. The van der Waals surface area contributed by atoms with Gasteiger partial charge in [-0.25, -0.2) is 9.78 Å². The molecule has 10 nitrogen and oxygen atoms in total. The third-order valence-electron chi connectivity index (χ3n) is 10.3. The highest BCUT2D eigenvalue weighted by Gasteiger charge is 2.62.